The average Bonchev–Trinajstić information content (AvgIpc) is 2.83. The third kappa shape index (κ3) is 4.32. The molecule has 0 saturated carbocycles. The fourth-order valence-electron chi connectivity index (χ4n) is 2.18. The van der Waals surface area contributed by atoms with E-state index in [2.05, 4.69) is 0 Å². The monoisotopic (exact) mass is 313 g/mol. The highest BCUT2D eigenvalue weighted by Crippen LogP contribution is 2.43. The third-order valence-electron chi connectivity index (χ3n) is 3.15. The Kier molecular flexibility index (Phi) is 5.06. The standard InChI is InChI=1S/C16H18F3NS/c1-20(2)10-6-9-13-11-14(12-7-4-3-5-8-12)15(21-13)16(17,18)19/h3-5,7-8,11H,6,9-10H2,1-2H3. The van der Waals surface area contributed by atoms with Gasteiger partial charge in [0.25, 0.3) is 0 Å². The Morgan fingerprint density at radius 1 is 1.10 bits per heavy atom. The molecule has 1 heterocycles. The molecule has 0 atom stereocenters. The molecule has 0 unspecified atom stereocenters. The van der Waals surface area contributed by atoms with E-state index in [1.54, 1.807) is 36.4 Å². The molecule has 114 valence electrons. The highest BCUT2D eigenvalue weighted by Gasteiger charge is 2.36. The van der Waals surface area contributed by atoms with E-state index in [0.717, 1.165) is 29.2 Å². The summed E-state index contributed by atoms with van der Waals surface area (Å²) < 4.78 is 39.6. The third-order valence-corrected chi connectivity index (χ3v) is 4.39. The summed E-state index contributed by atoms with van der Waals surface area (Å²) >= 11 is 0.869. The van der Waals surface area contributed by atoms with E-state index in [4.69, 9.17) is 0 Å². The van der Waals surface area contributed by atoms with E-state index in [-0.39, 0.29) is 0 Å². The number of rotatable bonds is 5. The van der Waals surface area contributed by atoms with Crippen LogP contribution in [0.4, 0.5) is 13.2 Å². The molecule has 0 bridgehead atoms. The first-order valence-electron chi connectivity index (χ1n) is 6.78. The summed E-state index contributed by atoms with van der Waals surface area (Å²) in [5.41, 5.74) is 0.924. The van der Waals surface area contributed by atoms with Crippen molar-refractivity contribution in [1.82, 2.24) is 4.90 Å². The van der Waals surface area contributed by atoms with Gasteiger partial charge >= 0.3 is 6.18 Å². The Balaban J connectivity index is 2.28. The van der Waals surface area contributed by atoms with Crippen LogP contribution in [0.15, 0.2) is 36.4 Å². The first kappa shape index (κ1) is 16.0. The molecular weight excluding hydrogens is 295 g/mol. The summed E-state index contributed by atoms with van der Waals surface area (Å²) in [7, 11) is 3.93. The van der Waals surface area contributed by atoms with Crippen molar-refractivity contribution < 1.29 is 13.2 Å². The molecule has 0 fully saturated rings. The minimum Gasteiger partial charge on any atom is -0.309 e. The lowest BCUT2D eigenvalue weighted by Crippen LogP contribution is -2.13. The number of alkyl halides is 3. The lowest BCUT2D eigenvalue weighted by Gasteiger charge is -2.07. The first-order chi connectivity index (χ1) is 9.88. The van der Waals surface area contributed by atoms with Gasteiger partial charge in [0.1, 0.15) is 4.88 Å². The summed E-state index contributed by atoms with van der Waals surface area (Å²) in [5.74, 6) is 0. The zero-order valence-electron chi connectivity index (χ0n) is 12.1. The van der Waals surface area contributed by atoms with Gasteiger partial charge < -0.3 is 4.90 Å². The van der Waals surface area contributed by atoms with E-state index in [9.17, 15) is 13.2 Å². The summed E-state index contributed by atoms with van der Waals surface area (Å²) in [6, 6.07) is 10.5. The molecule has 0 amide bonds. The van der Waals surface area contributed by atoms with Crippen LogP contribution in [0.25, 0.3) is 11.1 Å². The van der Waals surface area contributed by atoms with Crippen molar-refractivity contribution in [3.8, 4) is 11.1 Å². The van der Waals surface area contributed by atoms with Crippen molar-refractivity contribution in [2.75, 3.05) is 20.6 Å². The molecule has 1 aromatic carbocycles. The fraction of sp³-hybridized carbons (Fsp3) is 0.375. The second-order valence-corrected chi connectivity index (χ2v) is 6.36. The molecule has 5 heteroatoms. The number of nitrogens with zero attached hydrogens (tertiary/aromatic N) is 1. The van der Waals surface area contributed by atoms with E-state index in [1.165, 1.54) is 0 Å². The number of thiophene rings is 1. The maximum Gasteiger partial charge on any atom is 0.426 e. The maximum absolute atomic E-state index is 13.2. The SMILES string of the molecule is CN(C)CCCc1cc(-c2ccccc2)c(C(F)(F)F)s1. The molecule has 0 aliphatic rings. The Labute approximate surface area is 127 Å². The van der Waals surface area contributed by atoms with Gasteiger partial charge in [0.15, 0.2) is 0 Å². The second-order valence-electron chi connectivity index (χ2n) is 5.23. The highest BCUT2D eigenvalue weighted by molar-refractivity contribution is 7.12. The lowest BCUT2D eigenvalue weighted by molar-refractivity contribution is -0.133. The van der Waals surface area contributed by atoms with Crippen LogP contribution in [-0.2, 0) is 12.6 Å². The van der Waals surface area contributed by atoms with Crippen molar-refractivity contribution >= 4 is 11.3 Å². The molecule has 21 heavy (non-hydrogen) atoms. The zero-order chi connectivity index (χ0) is 15.5. The van der Waals surface area contributed by atoms with Gasteiger partial charge in [0, 0.05) is 10.4 Å². The Morgan fingerprint density at radius 3 is 2.33 bits per heavy atom. The molecule has 1 nitrogen and oxygen atoms in total. The van der Waals surface area contributed by atoms with Gasteiger partial charge in [-0.1, -0.05) is 30.3 Å². The summed E-state index contributed by atoms with van der Waals surface area (Å²) in [4.78, 5) is 2.34. The second kappa shape index (κ2) is 6.62. The van der Waals surface area contributed by atoms with Crippen LogP contribution in [0, 0.1) is 0 Å². The predicted molar refractivity (Wildman–Crippen MR) is 81.6 cm³/mol. The molecule has 0 radical (unpaired) electrons. The van der Waals surface area contributed by atoms with Crippen molar-refractivity contribution in [3.05, 3.63) is 46.2 Å². The van der Waals surface area contributed by atoms with Gasteiger partial charge in [-0.3, -0.25) is 0 Å². The minimum atomic E-state index is -4.30. The van der Waals surface area contributed by atoms with Crippen LogP contribution < -0.4 is 0 Å². The van der Waals surface area contributed by atoms with Gasteiger partial charge in [-0.05, 0) is 45.1 Å². The zero-order valence-corrected chi connectivity index (χ0v) is 12.9. The summed E-state index contributed by atoms with van der Waals surface area (Å²) in [5, 5.41) is 0. The average molecular weight is 313 g/mol. The number of aryl methyl sites for hydroxylation is 1. The predicted octanol–water partition coefficient (Wildman–Crippen LogP) is 4.93. The van der Waals surface area contributed by atoms with Crippen LogP contribution in [-0.4, -0.2) is 25.5 Å². The Bertz CT molecular complexity index is 573. The molecule has 2 aromatic rings. The van der Waals surface area contributed by atoms with Gasteiger partial charge in [0.05, 0.1) is 0 Å². The maximum atomic E-state index is 13.2. The van der Waals surface area contributed by atoms with Crippen LogP contribution in [0.5, 0.6) is 0 Å². The molecule has 1 aromatic heterocycles. The van der Waals surface area contributed by atoms with E-state index in [1.807, 2.05) is 19.0 Å². The van der Waals surface area contributed by atoms with Crippen LogP contribution in [0.3, 0.4) is 0 Å². The first-order valence-corrected chi connectivity index (χ1v) is 7.59. The van der Waals surface area contributed by atoms with Gasteiger partial charge in [-0.25, -0.2) is 0 Å². The Hall–Kier alpha value is -1.33. The van der Waals surface area contributed by atoms with Crippen LogP contribution in [0.1, 0.15) is 16.2 Å². The lowest BCUT2D eigenvalue weighted by atomic mass is 10.1. The number of benzene rings is 1. The van der Waals surface area contributed by atoms with Crippen molar-refractivity contribution in [3.63, 3.8) is 0 Å². The molecule has 0 aliphatic heterocycles. The van der Waals surface area contributed by atoms with Gasteiger partial charge in [0.2, 0.25) is 0 Å². The van der Waals surface area contributed by atoms with E-state index >= 15 is 0 Å². The topological polar surface area (TPSA) is 3.24 Å². The van der Waals surface area contributed by atoms with Crippen LogP contribution in [0.2, 0.25) is 0 Å². The largest absolute Gasteiger partial charge is 0.426 e. The van der Waals surface area contributed by atoms with Gasteiger partial charge in [-0.15, -0.1) is 11.3 Å². The summed E-state index contributed by atoms with van der Waals surface area (Å²) in [6.45, 7) is 0.875. The Morgan fingerprint density at radius 2 is 1.76 bits per heavy atom. The number of halogens is 3. The minimum absolute atomic E-state index is 0.299. The highest BCUT2D eigenvalue weighted by atomic mass is 32.1. The van der Waals surface area contributed by atoms with Crippen LogP contribution >= 0.6 is 11.3 Å². The molecule has 0 N–H and O–H groups in total. The molecule has 0 saturated heterocycles. The van der Waals surface area contributed by atoms with E-state index < -0.39 is 11.1 Å². The fourth-order valence-corrected chi connectivity index (χ4v) is 3.27. The summed E-state index contributed by atoms with van der Waals surface area (Å²) in [6.07, 6.45) is -2.76. The van der Waals surface area contributed by atoms with E-state index in [0.29, 0.717) is 17.5 Å². The number of hydrogen-bond donors (Lipinski definition) is 0. The van der Waals surface area contributed by atoms with Crippen molar-refractivity contribution in [1.29, 1.82) is 0 Å². The van der Waals surface area contributed by atoms with Gasteiger partial charge in [-0.2, -0.15) is 13.2 Å². The quantitative estimate of drug-likeness (QED) is 0.756. The molecular formula is C16H18F3NS. The molecule has 0 spiro atoms. The van der Waals surface area contributed by atoms with Crippen molar-refractivity contribution in [2.45, 2.75) is 19.0 Å². The van der Waals surface area contributed by atoms with Crippen molar-refractivity contribution in [2.24, 2.45) is 0 Å². The molecule has 0 aliphatic carbocycles. The smallest absolute Gasteiger partial charge is 0.309 e. The molecule has 2 rings (SSSR count). The normalized spacial score (nSPS) is 12.1. The number of hydrogen-bond acceptors (Lipinski definition) is 2.